The van der Waals surface area contributed by atoms with Crippen LogP contribution < -0.4 is 14.8 Å². The van der Waals surface area contributed by atoms with Gasteiger partial charge in [-0.3, -0.25) is 0 Å². The van der Waals surface area contributed by atoms with Gasteiger partial charge in [0.15, 0.2) is 0 Å². The van der Waals surface area contributed by atoms with Crippen LogP contribution in [0.1, 0.15) is 18.9 Å². The molecular formula is C13H23ClN2O3S. The van der Waals surface area contributed by atoms with Gasteiger partial charge in [-0.15, -0.1) is 12.4 Å². The topological polar surface area (TPSA) is 67.4 Å². The van der Waals surface area contributed by atoms with Crippen LogP contribution in [0.3, 0.4) is 0 Å². The second-order valence-electron chi connectivity index (χ2n) is 4.28. The predicted molar refractivity (Wildman–Crippen MR) is 83.3 cm³/mol. The van der Waals surface area contributed by atoms with E-state index >= 15 is 0 Å². The SMILES string of the molecule is CCCNCCNS(=O)(=O)c1ccc(OC)cc1C.Cl. The van der Waals surface area contributed by atoms with Gasteiger partial charge in [0.05, 0.1) is 12.0 Å². The minimum Gasteiger partial charge on any atom is -0.497 e. The predicted octanol–water partition coefficient (Wildman–Crippen LogP) is 1.70. The van der Waals surface area contributed by atoms with Crippen molar-refractivity contribution in [3.63, 3.8) is 0 Å². The van der Waals surface area contributed by atoms with E-state index in [1.54, 1.807) is 32.2 Å². The summed E-state index contributed by atoms with van der Waals surface area (Å²) >= 11 is 0. The second-order valence-corrected chi connectivity index (χ2v) is 6.01. The molecule has 0 aliphatic heterocycles. The maximum Gasteiger partial charge on any atom is 0.240 e. The summed E-state index contributed by atoms with van der Waals surface area (Å²) in [7, 11) is -1.89. The molecule has 116 valence electrons. The Kier molecular flexibility index (Phi) is 8.80. The van der Waals surface area contributed by atoms with Crippen LogP contribution in [0.15, 0.2) is 23.1 Å². The van der Waals surface area contributed by atoms with Crippen LogP contribution >= 0.6 is 12.4 Å². The molecular weight excluding hydrogens is 300 g/mol. The average molecular weight is 323 g/mol. The summed E-state index contributed by atoms with van der Waals surface area (Å²) in [6.07, 6.45) is 1.03. The van der Waals surface area contributed by atoms with Crippen LogP contribution in [0, 0.1) is 6.92 Å². The van der Waals surface area contributed by atoms with Gasteiger partial charge in [-0.25, -0.2) is 13.1 Å². The first-order chi connectivity index (χ1) is 9.01. The second kappa shape index (κ2) is 9.18. The molecule has 1 aromatic rings. The number of rotatable bonds is 8. The third-order valence-electron chi connectivity index (χ3n) is 2.69. The van der Waals surface area contributed by atoms with Gasteiger partial charge in [-0.1, -0.05) is 6.92 Å². The first-order valence-electron chi connectivity index (χ1n) is 6.36. The summed E-state index contributed by atoms with van der Waals surface area (Å²) < 4.78 is 31.9. The number of methoxy groups -OCH3 is 1. The van der Waals surface area contributed by atoms with Crippen LogP contribution in [-0.2, 0) is 10.0 Å². The van der Waals surface area contributed by atoms with Gasteiger partial charge in [0.2, 0.25) is 10.0 Å². The summed E-state index contributed by atoms with van der Waals surface area (Å²) in [6, 6.07) is 4.93. The average Bonchev–Trinajstić information content (AvgIpc) is 2.37. The van der Waals surface area contributed by atoms with Crippen molar-refractivity contribution in [3.8, 4) is 5.75 Å². The van der Waals surface area contributed by atoms with Crippen molar-refractivity contribution in [2.45, 2.75) is 25.2 Å². The molecule has 0 fully saturated rings. The van der Waals surface area contributed by atoms with E-state index in [4.69, 9.17) is 4.74 Å². The van der Waals surface area contributed by atoms with Gasteiger partial charge in [0, 0.05) is 13.1 Å². The third-order valence-corrected chi connectivity index (χ3v) is 4.31. The molecule has 0 amide bonds. The Morgan fingerprint density at radius 3 is 2.45 bits per heavy atom. The van der Waals surface area contributed by atoms with E-state index in [0.29, 0.717) is 29.3 Å². The lowest BCUT2D eigenvalue weighted by Crippen LogP contribution is -2.32. The van der Waals surface area contributed by atoms with E-state index in [2.05, 4.69) is 17.0 Å². The molecule has 0 bridgehead atoms. The van der Waals surface area contributed by atoms with E-state index in [-0.39, 0.29) is 12.4 Å². The first kappa shape index (κ1) is 19.2. The maximum absolute atomic E-state index is 12.1. The van der Waals surface area contributed by atoms with Gasteiger partial charge in [0.1, 0.15) is 5.75 Å². The smallest absolute Gasteiger partial charge is 0.240 e. The summed E-state index contributed by atoms with van der Waals surface area (Å²) in [5.74, 6) is 0.654. The molecule has 0 unspecified atom stereocenters. The molecule has 0 saturated carbocycles. The van der Waals surface area contributed by atoms with Crippen molar-refractivity contribution < 1.29 is 13.2 Å². The zero-order valence-corrected chi connectivity index (χ0v) is 13.7. The Hall–Kier alpha value is -0.820. The summed E-state index contributed by atoms with van der Waals surface area (Å²) in [5.41, 5.74) is 0.674. The van der Waals surface area contributed by atoms with E-state index in [9.17, 15) is 8.42 Å². The monoisotopic (exact) mass is 322 g/mol. The number of ether oxygens (including phenoxy) is 1. The molecule has 7 heteroatoms. The van der Waals surface area contributed by atoms with Crippen LogP contribution in [0.5, 0.6) is 5.75 Å². The number of hydrogen-bond acceptors (Lipinski definition) is 4. The highest BCUT2D eigenvalue weighted by molar-refractivity contribution is 7.89. The fourth-order valence-electron chi connectivity index (χ4n) is 1.70. The highest BCUT2D eigenvalue weighted by atomic mass is 35.5. The standard InChI is InChI=1S/C13H22N2O3S.ClH/c1-4-7-14-8-9-15-19(16,17)13-6-5-12(18-3)10-11(13)2;/h5-6,10,14-15H,4,7-9H2,1-3H3;1H. The van der Waals surface area contributed by atoms with E-state index in [1.807, 2.05) is 0 Å². The number of halogens is 1. The molecule has 0 aliphatic rings. The van der Waals surface area contributed by atoms with Gasteiger partial charge in [-0.05, 0) is 43.7 Å². The fraction of sp³-hybridized carbons (Fsp3) is 0.538. The van der Waals surface area contributed by atoms with Gasteiger partial charge in [-0.2, -0.15) is 0 Å². The molecule has 1 aromatic carbocycles. The molecule has 0 atom stereocenters. The lowest BCUT2D eigenvalue weighted by atomic mass is 10.2. The quantitative estimate of drug-likeness (QED) is 0.715. The Bertz CT molecular complexity index is 506. The highest BCUT2D eigenvalue weighted by Gasteiger charge is 2.16. The van der Waals surface area contributed by atoms with Gasteiger partial charge >= 0.3 is 0 Å². The summed E-state index contributed by atoms with van der Waals surface area (Å²) in [4.78, 5) is 0.295. The number of hydrogen-bond donors (Lipinski definition) is 2. The lowest BCUT2D eigenvalue weighted by molar-refractivity contribution is 0.414. The zero-order chi connectivity index (χ0) is 14.3. The lowest BCUT2D eigenvalue weighted by Gasteiger charge is -2.10. The summed E-state index contributed by atoms with van der Waals surface area (Å²) in [6.45, 7) is 5.73. The molecule has 0 saturated heterocycles. The van der Waals surface area contributed by atoms with Crippen molar-refractivity contribution in [2.75, 3.05) is 26.7 Å². The Morgan fingerprint density at radius 1 is 1.20 bits per heavy atom. The number of sulfonamides is 1. The van der Waals surface area contributed by atoms with E-state index in [1.165, 1.54) is 0 Å². The Balaban J connectivity index is 0.00000361. The molecule has 0 heterocycles. The zero-order valence-electron chi connectivity index (χ0n) is 12.1. The maximum atomic E-state index is 12.1. The Morgan fingerprint density at radius 2 is 1.90 bits per heavy atom. The molecule has 1 rings (SSSR count). The number of benzene rings is 1. The molecule has 0 spiro atoms. The molecule has 0 radical (unpaired) electrons. The van der Waals surface area contributed by atoms with Crippen LogP contribution in [0.4, 0.5) is 0 Å². The summed E-state index contributed by atoms with van der Waals surface area (Å²) in [5, 5.41) is 3.15. The first-order valence-corrected chi connectivity index (χ1v) is 7.84. The molecule has 20 heavy (non-hydrogen) atoms. The van der Waals surface area contributed by atoms with E-state index < -0.39 is 10.0 Å². The van der Waals surface area contributed by atoms with Gasteiger partial charge in [0.25, 0.3) is 0 Å². The third kappa shape index (κ3) is 5.66. The normalized spacial score (nSPS) is 10.9. The molecule has 2 N–H and O–H groups in total. The van der Waals surface area contributed by atoms with Crippen molar-refractivity contribution in [1.29, 1.82) is 0 Å². The van der Waals surface area contributed by atoms with Crippen LogP contribution in [-0.4, -0.2) is 35.2 Å². The molecule has 0 aliphatic carbocycles. The minimum atomic E-state index is -3.45. The van der Waals surface area contributed by atoms with Crippen LogP contribution in [0.2, 0.25) is 0 Å². The number of nitrogens with one attached hydrogen (secondary N) is 2. The molecule has 0 aromatic heterocycles. The Labute approximate surface area is 127 Å². The van der Waals surface area contributed by atoms with Crippen LogP contribution in [0.25, 0.3) is 0 Å². The number of aryl methyl sites for hydroxylation is 1. The van der Waals surface area contributed by atoms with Crippen molar-refractivity contribution in [3.05, 3.63) is 23.8 Å². The van der Waals surface area contributed by atoms with Crippen molar-refractivity contribution >= 4 is 22.4 Å². The van der Waals surface area contributed by atoms with Crippen molar-refractivity contribution in [2.24, 2.45) is 0 Å². The minimum absolute atomic E-state index is 0. The largest absolute Gasteiger partial charge is 0.497 e. The van der Waals surface area contributed by atoms with E-state index in [0.717, 1.165) is 13.0 Å². The van der Waals surface area contributed by atoms with Gasteiger partial charge < -0.3 is 10.1 Å². The highest BCUT2D eigenvalue weighted by Crippen LogP contribution is 2.20. The molecule has 5 nitrogen and oxygen atoms in total. The van der Waals surface area contributed by atoms with Crippen molar-refractivity contribution in [1.82, 2.24) is 10.0 Å². The fourth-order valence-corrected chi connectivity index (χ4v) is 2.96.